The van der Waals surface area contributed by atoms with E-state index in [0.717, 1.165) is 38.6 Å². The topological polar surface area (TPSA) is 78.0 Å². The fourth-order valence-corrected chi connectivity index (χ4v) is 2.96. The fraction of sp³-hybridized carbons (Fsp3) is 0.600. The molecule has 28 heavy (non-hydrogen) atoms. The first-order chi connectivity index (χ1) is 12.9. The van der Waals surface area contributed by atoms with Gasteiger partial charge in [0.1, 0.15) is 5.60 Å². The molecule has 2 rings (SSSR count). The van der Waals surface area contributed by atoms with Gasteiger partial charge in [0.05, 0.1) is 0 Å². The second-order valence-electron chi connectivity index (χ2n) is 7.65. The van der Waals surface area contributed by atoms with Crippen molar-refractivity contribution in [3.8, 4) is 0 Å². The highest BCUT2D eigenvalue weighted by molar-refractivity contribution is 14.0. The number of aliphatic imine (C=N–C) groups is 1. The van der Waals surface area contributed by atoms with Crippen LogP contribution >= 0.6 is 24.0 Å². The van der Waals surface area contributed by atoms with Crippen LogP contribution < -0.4 is 16.0 Å². The molecule has 1 aromatic carbocycles. The molecule has 0 saturated carbocycles. The predicted octanol–water partition coefficient (Wildman–Crippen LogP) is 2.35. The molecule has 0 bridgehead atoms. The Morgan fingerprint density at radius 3 is 2.43 bits per heavy atom. The second-order valence-corrected chi connectivity index (χ2v) is 7.65. The average Bonchev–Trinajstić information content (AvgIpc) is 2.62. The number of halogens is 1. The van der Waals surface area contributed by atoms with E-state index in [-0.39, 0.29) is 24.0 Å². The molecule has 0 aliphatic carbocycles. The smallest absolute Gasteiger partial charge is 0.407 e. The van der Waals surface area contributed by atoms with Crippen molar-refractivity contribution in [2.45, 2.75) is 39.3 Å². The van der Waals surface area contributed by atoms with Crippen molar-refractivity contribution >= 4 is 36.0 Å². The number of guanidine groups is 1. The van der Waals surface area contributed by atoms with Gasteiger partial charge in [0.25, 0.3) is 0 Å². The van der Waals surface area contributed by atoms with Crippen molar-refractivity contribution in [3.05, 3.63) is 35.4 Å². The lowest BCUT2D eigenvalue weighted by atomic mass is 10.00. The van der Waals surface area contributed by atoms with Crippen LogP contribution in [0.25, 0.3) is 0 Å². The molecule has 0 spiro atoms. The van der Waals surface area contributed by atoms with Gasteiger partial charge in [-0.15, -0.1) is 24.0 Å². The summed E-state index contributed by atoms with van der Waals surface area (Å²) in [7, 11) is 1.74. The van der Waals surface area contributed by atoms with Crippen LogP contribution in [-0.2, 0) is 17.7 Å². The van der Waals surface area contributed by atoms with Crippen molar-refractivity contribution in [2.75, 3.05) is 39.8 Å². The molecule has 0 unspecified atom stereocenters. The third kappa shape index (κ3) is 9.09. The number of hydrogen-bond donors (Lipinski definition) is 3. The maximum atomic E-state index is 11.6. The van der Waals surface area contributed by atoms with Crippen LogP contribution in [0.2, 0.25) is 0 Å². The maximum Gasteiger partial charge on any atom is 0.407 e. The Kier molecular flexibility index (Phi) is 10.6. The Hall–Kier alpha value is -1.55. The number of carbonyl (C=O) groups excluding carboxylic acids is 1. The van der Waals surface area contributed by atoms with Crippen molar-refractivity contribution in [2.24, 2.45) is 4.99 Å². The predicted molar refractivity (Wildman–Crippen MR) is 124 cm³/mol. The standard InChI is InChI=1S/C20H33N5O2.HI/c1-20(2,3)27-19(26)24-11-10-22-18(21-4)23-12-14-25-13-9-16-7-5-6-8-17(16)15-25;/h5-8H,9-15H2,1-4H3,(H,24,26)(H2,21,22,23);1H. The molecular formula is C20H34IN5O2. The molecule has 0 fully saturated rings. The molecule has 0 aromatic heterocycles. The molecule has 1 aliphatic rings. The molecule has 1 amide bonds. The van der Waals surface area contributed by atoms with Gasteiger partial charge in [-0.25, -0.2) is 4.79 Å². The SMILES string of the molecule is CN=C(NCCNC(=O)OC(C)(C)C)NCCN1CCc2ccccc2C1.I. The number of alkyl carbamates (subject to hydrolysis) is 1. The van der Waals surface area contributed by atoms with Crippen LogP contribution in [0.5, 0.6) is 0 Å². The summed E-state index contributed by atoms with van der Waals surface area (Å²) in [5, 5.41) is 9.23. The monoisotopic (exact) mass is 503 g/mol. The number of nitrogens with one attached hydrogen (secondary N) is 3. The maximum absolute atomic E-state index is 11.6. The molecule has 158 valence electrons. The minimum absolute atomic E-state index is 0. The summed E-state index contributed by atoms with van der Waals surface area (Å²) in [5.74, 6) is 0.735. The summed E-state index contributed by atoms with van der Waals surface area (Å²) >= 11 is 0. The van der Waals surface area contributed by atoms with Gasteiger partial charge in [-0.05, 0) is 38.3 Å². The van der Waals surface area contributed by atoms with Gasteiger partial charge in [0, 0.05) is 46.3 Å². The van der Waals surface area contributed by atoms with Gasteiger partial charge in [-0.3, -0.25) is 9.89 Å². The number of hydrogen-bond acceptors (Lipinski definition) is 4. The van der Waals surface area contributed by atoms with Gasteiger partial charge in [0.15, 0.2) is 5.96 Å². The lowest BCUT2D eigenvalue weighted by Gasteiger charge is -2.28. The third-order valence-electron chi connectivity index (χ3n) is 4.24. The number of amides is 1. The number of carbonyl (C=O) groups is 1. The molecule has 3 N–H and O–H groups in total. The third-order valence-corrected chi connectivity index (χ3v) is 4.24. The zero-order valence-electron chi connectivity index (χ0n) is 17.4. The highest BCUT2D eigenvalue weighted by Gasteiger charge is 2.16. The summed E-state index contributed by atoms with van der Waals surface area (Å²) in [6.07, 6.45) is 0.706. The molecule has 1 heterocycles. The zero-order valence-corrected chi connectivity index (χ0v) is 19.7. The number of benzene rings is 1. The number of ether oxygens (including phenoxy) is 1. The quantitative estimate of drug-likeness (QED) is 0.241. The van der Waals surface area contributed by atoms with Crippen molar-refractivity contribution in [3.63, 3.8) is 0 Å². The summed E-state index contributed by atoms with van der Waals surface area (Å²) in [5.41, 5.74) is 2.42. The summed E-state index contributed by atoms with van der Waals surface area (Å²) in [4.78, 5) is 18.3. The second kappa shape index (κ2) is 12.1. The first kappa shape index (κ1) is 24.5. The van der Waals surface area contributed by atoms with Crippen molar-refractivity contribution < 1.29 is 9.53 Å². The number of fused-ring (bicyclic) bond motifs is 1. The van der Waals surface area contributed by atoms with E-state index >= 15 is 0 Å². The van der Waals surface area contributed by atoms with Crippen LogP contribution in [0.3, 0.4) is 0 Å². The van der Waals surface area contributed by atoms with E-state index < -0.39 is 11.7 Å². The largest absolute Gasteiger partial charge is 0.444 e. The van der Waals surface area contributed by atoms with Crippen LogP contribution in [-0.4, -0.2) is 62.3 Å². The number of rotatable bonds is 6. The van der Waals surface area contributed by atoms with Crippen LogP contribution in [0, 0.1) is 0 Å². The van der Waals surface area contributed by atoms with Gasteiger partial charge in [-0.1, -0.05) is 24.3 Å². The van der Waals surface area contributed by atoms with E-state index in [1.807, 2.05) is 20.8 Å². The average molecular weight is 503 g/mol. The van der Waals surface area contributed by atoms with E-state index in [4.69, 9.17) is 4.74 Å². The van der Waals surface area contributed by atoms with Crippen molar-refractivity contribution in [1.82, 2.24) is 20.9 Å². The lowest BCUT2D eigenvalue weighted by molar-refractivity contribution is 0.0529. The van der Waals surface area contributed by atoms with Gasteiger partial charge >= 0.3 is 6.09 Å². The van der Waals surface area contributed by atoms with E-state index in [0.29, 0.717) is 13.1 Å². The van der Waals surface area contributed by atoms with Gasteiger partial charge in [-0.2, -0.15) is 0 Å². The molecule has 1 aromatic rings. The lowest BCUT2D eigenvalue weighted by Crippen LogP contribution is -2.45. The molecule has 1 aliphatic heterocycles. The Morgan fingerprint density at radius 1 is 1.11 bits per heavy atom. The summed E-state index contributed by atoms with van der Waals surface area (Å²) < 4.78 is 5.20. The molecule has 7 nitrogen and oxygen atoms in total. The Bertz CT molecular complexity index is 646. The van der Waals surface area contributed by atoms with Crippen LogP contribution in [0.15, 0.2) is 29.3 Å². The van der Waals surface area contributed by atoms with E-state index in [1.165, 1.54) is 11.1 Å². The summed E-state index contributed by atoms with van der Waals surface area (Å²) in [6.45, 7) is 10.5. The minimum Gasteiger partial charge on any atom is -0.444 e. The normalized spacial score (nSPS) is 14.5. The molecular weight excluding hydrogens is 469 g/mol. The van der Waals surface area contributed by atoms with E-state index in [2.05, 4.69) is 50.1 Å². The summed E-state index contributed by atoms with van der Waals surface area (Å²) in [6, 6.07) is 8.66. The molecule has 8 heteroatoms. The number of nitrogens with zero attached hydrogens (tertiary/aromatic N) is 2. The Morgan fingerprint density at radius 2 is 1.75 bits per heavy atom. The highest BCUT2D eigenvalue weighted by Crippen LogP contribution is 2.17. The zero-order chi connectivity index (χ0) is 19.7. The highest BCUT2D eigenvalue weighted by atomic mass is 127. The van der Waals surface area contributed by atoms with E-state index in [1.54, 1.807) is 7.05 Å². The minimum atomic E-state index is -0.482. The Labute approximate surface area is 185 Å². The Balaban J connectivity index is 0.00000392. The van der Waals surface area contributed by atoms with Crippen LogP contribution in [0.4, 0.5) is 4.79 Å². The van der Waals surface area contributed by atoms with Crippen molar-refractivity contribution in [1.29, 1.82) is 0 Å². The molecule has 0 saturated heterocycles. The van der Waals surface area contributed by atoms with Crippen LogP contribution in [0.1, 0.15) is 31.9 Å². The van der Waals surface area contributed by atoms with E-state index in [9.17, 15) is 4.79 Å². The fourth-order valence-electron chi connectivity index (χ4n) is 2.96. The molecule has 0 radical (unpaired) electrons. The molecule has 0 atom stereocenters. The van der Waals surface area contributed by atoms with Gasteiger partial charge in [0.2, 0.25) is 0 Å². The van der Waals surface area contributed by atoms with Gasteiger partial charge < -0.3 is 20.7 Å². The first-order valence-electron chi connectivity index (χ1n) is 9.58. The first-order valence-corrected chi connectivity index (χ1v) is 9.58.